The van der Waals surface area contributed by atoms with Crippen molar-refractivity contribution in [1.82, 2.24) is 4.98 Å². The molecule has 0 bridgehead atoms. The molecule has 37 heavy (non-hydrogen) atoms. The minimum Gasteiger partial charge on any atom is -0.494 e. The van der Waals surface area contributed by atoms with E-state index in [1.807, 2.05) is 38.1 Å². The molecule has 9 heteroatoms. The van der Waals surface area contributed by atoms with Crippen molar-refractivity contribution in [3.05, 3.63) is 70.9 Å². The predicted octanol–water partition coefficient (Wildman–Crippen LogP) is 4.71. The Labute approximate surface area is 217 Å². The van der Waals surface area contributed by atoms with Crippen molar-refractivity contribution in [2.75, 3.05) is 25.2 Å². The van der Waals surface area contributed by atoms with E-state index in [2.05, 4.69) is 17.1 Å². The number of pyridine rings is 1. The molecule has 2 aromatic carbocycles. The van der Waals surface area contributed by atoms with Crippen LogP contribution < -0.4 is 14.2 Å². The van der Waals surface area contributed by atoms with Gasteiger partial charge in [0.2, 0.25) is 5.88 Å². The fourth-order valence-corrected chi connectivity index (χ4v) is 5.19. The predicted molar refractivity (Wildman–Crippen MR) is 140 cm³/mol. The number of carboxylic acids is 1. The highest BCUT2D eigenvalue weighted by atomic mass is 32.2. The zero-order chi connectivity index (χ0) is 26.6. The molecule has 0 amide bonds. The van der Waals surface area contributed by atoms with Crippen molar-refractivity contribution in [3.8, 4) is 28.5 Å². The van der Waals surface area contributed by atoms with Crippen molar-refractivity contribution in [3.63, 3.8) is 0 Å². The number of aliphatic carboxylic acids is 1. The molecule has 0 fully saturated rings. The summed E-state index contributed by atoms with van der Waals surface area (Å²) in [7, 11) is -2.99. The zero-order valence-electron chi connectivity index (χ0n) is 21.2. The summed E-state index contributed by atoms with van der Waals surface area (Å²) in [6.45, 7) is 5.05. The summed E-state index contributed by atoms with van der Waals surface area (Å²) < 4.78 is 40.0. The van der Waals surface area contributed by atoms with Gasteiger partial charge in [0.1, 0.15) is 27.9 Å². The molecule has 1 N–H and O–H groups in total. The van der Waals surface area contributed by atoms with Crippen LogP contribution >= 0.6 is 0 Å². The molecule has 1 aliphatic rings. The molecule has 4 rings (SSSR count). The van der Waals surface area contributed by atoms with Gasteiger partial charge in [-0.3, -0.25) is 4.79 Å². The zero-order valence-corrected chi connectivity index (χ0v) is 22.0. The maximum atomic E-state index is 11.3. The summed E-state index contributed by atoms with van der Waals surface area (Å²) >= 11 is 0. The van der Waals surface area contributed by atoms with E-state index in [4.69, 9.17) is 19.3 Å². The molecule has 0 saturated carbocycles. The first-order chi connectivity index (χ1) is 17.6. The highest BCUT2D eigenvalue weighted by Crippen LogP contribution is 2.37. The Morgan fingerprint density at radius 2 is 1.89 bits per heavy atom. The lowest BCUT2D eigenvalue weighted by Gasteiger charge is -2.15. The van der Waals surface area contributed by atoms with Crippen LogP contribution in [0.4, 0.5) is 0 Å². The number of nitrogens with zero attached hydrogens (tertiary/aromatic N) is 1. The van der Waals surface area contributed by atoms with Crippen LogP contribution in [0.2, 0.25) is 0 Å². The molecule has 0 spiro atoms. The molecule has 2 heterocycles. The van der Waals surface area contributed by atoms with E-state index < -0.39 is 15.8 Å². The Morgan fingerprint density at radius 3 is 2.59 bits per heavy atom. The van der Waals surface area contributed by atoms with Gasteiger partial charge in [0.25, 0.3) is 0 Å². The quantitative estimate of drug-likeness (QED) is 0.358. The molecule has 1 atom stereocenters. The summed E-state index contributed by atoms with van der Waals surface area (Å²) in [5.74, 6) is 0.819. The average Bonchev–Trinajstić information content (AvgIpc) is 3.21. The van der Waals surface area contributed by atoms with Gasteiger partial charge in [-0.15, -0.1) is 0 Å². The molecular formula is C28H31NO7S. The van der Waals surface area contributed by atoms with Crippen molar-refractivity contribution in [1.29, 1.82) is 0 Å². The number of hydrogen-bond acceptors (Lipinski definition) is 7. The number of fused-ring (bicyclic) bond motifs is 1. The van der Waals surface area contributed by atoms with Gasteiger partial charge in [0.05, 0.1) is 25.4 Å². The molecule has 1 aliphatic heterocycles. The van der Waals surface area contributed by atoms with Crippen LogP contribution in [0.15, 0.2) is 48.7 Å². The van der Waals surface area contributed by atoms with Crippen LogP contribution in [0, 0.1) is 13.8 Å². The number of carboxylic acid groups (broad SMARTS) is 1. The minimum atomic E-state index is -2.99. The fourth-order valence-electron chi connectivity index (χ4n) is 4.55. The second kappa shape index (κ2) is 11.2. The largest absolute Gasteiger partial charge is 0.494 e. The number of hydrogen-bond donors (Lipinski definition) is 1. The summed E-state index contributed by atoms with van der Waals surface area (Å²) in [4.78, 5) is 15.4. The molecule has 8 nitrogen and oxygen atoms in total. The van der Waals surface area contributed by atoms with E-state index in [-0.39, 0.29) is 18.1 Å². The van der Waals surface area contributed by atoms with E-state index in [1.54, 1.807) is 12.3 Å². The van der Waals surface area contributed by atoms with E-state index in [0.717, 1.165) is 39.1 Å². The molecule has 0 saturated heterocycles. The Kier molecular flexibility index (Phi) is 8.02. The van der Waals surface area contributed by atoms with E-state index in [1.165, 1.54) is 6.26 Å². The van der Waals surface area contributed by atoms with Gasteiger partial charge < -0.3 is 19.3 Å². The highest BCUT2D eigenvalue weighted by Gasteiger charge is 2.27. The standard InChI is InChI=1S/C28H31NO7S/c1-18-10-23(34-8-5-9-37(3,32)33)11-19(2)28(18)21-7-4-6-20(12-21)16-36-26-14-25-24(15-29-26)22(17-35-25)13-27(30)31/h4,6-7,10-12,14-15,22H,5,8-9,13,16-17H2,1-3H3,(H,30,31). The van der Waals surface area contributed by atoms with Crippen LogP contribution in [0.3, 0.4) is 0 Å². The van der Waals surface area contributed by atoms with Gasteiger partial charge >= 0.3 is 5.97 Å². The van der Waals surface area contributed by atoms with E-state index >= 15 is 0 Å². The number of carbonyl (C=O) groups is 1. The first kappa shape index (κ1) is 26.5. The van der Waals surface area contributed by atoms with Crippen molar-refractivity contribution >= 4 is 15.8 Å². The number of aromatic nitrogens is 1. The van der Waals surface area contributed by atoms with Gasteiger partial charge in [0.15, 0.2) is 0 Å². The number of rotatable bonds is 11. The molecule has 1 aromatic heterocycles. The third-order valence-electron chi connectivity index (χ3n) is 6.21. The molecule has 1 unspecified atom stereocenters. The third-order valence-corrected chi connectivity index (χ3v) is 7.24. The Balaban J connectivity index is 1.42. The lowest BCUT2D eigenvalue weighted by Crippen LogP contribution is -2.08. The van der Waals surface area contributed by atoms with Crippen molar-refractivity contribution in [2.45, 2.75) is 39.2 Å². The number of aryl methyl sites for hydroxylation is 2. The van der Waals surface area contributed by atoms with E-state index in [9.17, 15) is 13.2 Å². The first-order valence-corrected chi connectivity index (χ1v) is 14.1. The van der Waals surface area contributed by atoms with Crippen molar-refractivity contribution in [2.24, 2.45) is 0 Å². The lowest BCUT2D eigenvalue weighted by molar-refractivity contribution is -0.137. The SMILES string of the molecule is Cc1cc(OCCCS(C)(=O)=O)cc(C)c1-c1cccc(COc2cc3c(cn2)C(CC(=O)O)CO3)c1. The smallest absolute Gasteiger partial charge is 0.304 e. The van der Waals surface area contributed by atoms with Crippen LogP contribution in [0.25, 0.3) is 11.1 Å². The lowest BCUT2D eigenvalue weighted by atomic mass is 9.94. The second-order valence-electron chi connectivity index (χ2n) is 9.42. The Bertz CT molecular complexity index is 1380. The van der Waals surface area contributed by atoms with Gasteiger partial charge in [-0.2, -0.15) is 0 Å². The van der Waals surface area contributed by atoms with Crippen LogP contribution in [-0.2, 0) is 21.2 Å². The maximum absolute atomic E-state index is 11.3. The number of ether oxygens (including phenoxy) is 3. The van der Waals surface area contributed by atoms with Crippen molar-refractivity contribution < 1.29 is 32.5 Å². The van der Waals surface area contributed by atoms with E-state index in [0.29, 0.717) is 37.9 Å². The highest BCUT2D eigenvalue weighted by molar-refractivity contribution is 7.90. The minimum absolute atomic E-state index is 0.0107. The van der Waals surface area contributed by atoms with Crippen LogP contribution in [0.1, 0.15) is 41.0 Å². The maximum Gasteiger partial charge on any atom is 0.304 e. The monoisotopic (exact) mass is 525 g/mol. The summed E-state index contributed by atoms with van der Waals surface area (Å²) in [6.07, 6.45) is 3.33. The first-order valence-electron chi connectivity index (χ1n) is 12.1. The van der Waals surface area contributed by atoms with Crippen LogP contribution in [0.5, 0.6) is 17.4 Å². The number of benzene rings is 2. The van der Waals surface area contributed by atoms with Gasteiger partial charge in [-0.05, 0) is 66.3 Å². The van der Waals surface area contributed by atoms with Gasteiger partial charge in [-0.1, -0.05) is 18.2 Å². The Hall–Kier alpha value is -3.59. The molecule has 196 valence electrons. The summed E-state index contributed by atoms with van der Waals surface area (Å²) in [5, 5.41) is 9.06. The average molecular weight is 526 g/mol. The van der Waals surface area contributed by atoms with Crippen LogP contribution in [-0.4, -0.2) is 49.7 Å². The topological polar surface area (TPSA) is 112 Å². The third kappa shape index (κ3) is 7.01. The number of sulfone groups is 1. The molecular weight excluding hydrogens is 494 g/mol. The fraction of sp³-hybridized carbons (Fsp3) is 0.357. The normalized spacial score (nSPS) is 14.6. The molecule has 0 radical (unpaired) electrons. The Morgan fingerprint density at radius 1 is 1.14 bits per heavy atom. The van der Waals surface area contributed by atoms with Gasteiger partial charge in [-0.25, -0.2) is 13.4 Å². The summed E-state index contributed by atoms with van der Waals surface area (Å²) in [5.41, 5.74) is 6.06. The summed E-state index contributed by atoms with van der Waals surface area (Å²) in [6, 6.07) is 13.8. The molecule has 0 aliphatic carbocycles. The molecule has 3 aromatic rings. The van der Waals surface area contributed by atoms with Gasteiger partial charge in [0, 0.05) is 30.0 Å². The second-order valence-corrected chi connectivity index (χ2v) is 11.7.